The second-order valence-electron chi connectivity index (χ2n) is 5.83. The number of rotatable bonds is 4. The number of carbonyl (C=O) groups excluding carboxylic acids is 1. The number of H-pyrrole nitrogens is 1. The third-order valence-corrected chi connectivity index (χ3v) is 6.87. The number of nitrogens with two attached hydrogens (primary N) is 1. The molecule has 3 N–H and O–H groups in total. The average Bonchev–Trinajstić information content (AvgIpc) is 3.07. The van der Waals surface area contributed by atoms with E-state index < -0.39 is 15.9 Å². The van der Waals surface area contributed by atoms with E-state index in [1.807, 2.05) is 0 Å². The standard InChI is InChI=1S/C15H16Cl2N4O3S/c16-10-1-2-11(17)14(7-10)25(23,24)21-5-3-9(4-6-21)12-8-13(15(18)22)20-19-12/h1-2,7-9H,3-6H2,(H2,18,22)(H,19,20). The van der Waals surface area contributed by atoms with Crippen molar-refractivity contribution in [2.45, 2.75) is 23.7 Å². The highest BCUT2D eigenvalue weighted by Crippen LogP contribution is 2.33. The molecule has 1 aliphatic heterocycles. The SMILES string of the molecule is NC(=O)c1cc(C2CCN(S(=O)(=O)c3cc(Cl)ccc3Cl)CC2)[nH]n1. The summed E-state index contributed by atoms with van der Waals surface area (Å²) in [6.07, 6.45) is 1.19. The number of aromatic nitrogens is 2. The number of piperidine rings is 1. The number of halogens is 2. The van der Waals surface area contributed by atoms with Crippen LogP contribution in [0, 0.1) is 0 Å². The van der Waals surface area contributed by atoms with Crippen molar-refractivity contribution in [1.82, 2.24) is 14.5 Å². The molecule has 0 bridgehead atoms. The van der Waals surface area contributed by atoms with Crippen LogP contribution in [0.1, 0.15) is 34.9 Å². The van der Waals surface area contributed by atoms with Crippen molar-refractivity contribution in [2.75, 3.05) is 13.1 Å². The summed E-state index contributed by atoms with van der Waals surface area (Å²) in [7, 11) is -3.71. The topological polar surface area (TPSA) is 109 Å². The average molecular weight is 403 g/mol. The first-order valence-electron chi connectivity index (χ1n) is 7.59. The summed E-state index contributed by atoms with van der Waals surface area (Å²) in [5, 5.41) is 7.12. The maximum Gasteiger partial charge on any atom is 0.269 e. The lowest BCUT2D eigenvalue weighted by molar-refractivity contribution is 0.0995. The molecule has 25 heavy (non-hydrogen) atoms. The van der Waals surface area contributed by atoms with E-state index in [0.717, 1.165) is 5.69 Å². The quantitative estimate of drug-likeness (QED) is 0.817. The Balaban J connectivity index is 1.75. The molecule has 0 unspecified atom stereocenters. The lowest BCUT2D eigenvalue weighted by Gasteiger charge is -2.30. The maximum absolute atomic E-state index is 12.8. The van der Waals surface area contributed by atoms with Crippen LogP contribution in [0.15, 0.2) is 29.2 Å². The molecule has 1 saturated heterocycles. The summed E-state index contributed by atoms with van der Waals surface area (Å²) in [4.78, 5) is 11.1. The van der Waals surface area contributed by atoms with Crippen molar-refractivity contribution in [3.63, 3.8) is 0 Å². The Hall–Kier alpha value is -1.61. The van der Waals surface area contributed by atoms with E-state index in [4.69, 9.17) is 28.9 Å². The highest BCUT2D eigenvalue weighted by Gasteiger charge is 2.32. The molecule has 0 atom stereocenters. The number of primary amides is 1. The van der Waals surface area contributed by atoms with Crippen LogP contribution in [-0.2, 0) is 10.0 Å². The van der Waals surface area contributed by atoms with Crippen LogP contribution in [0.25, 0.3) is 0 Å². The fourth-order valence-corrected chi connectivity index (χ4v) is 5.10. The number of benzene rings is 1. The molecule has 0 spiro atoms. The molecule has 134 valence electrons. The summed E-state index contributed by atoms with van der Waals surface area (Å²) < 4.78 is 27.0. The third kappa shape index (κ3) is 3.67. The molecule has 2 heterocycles. The molecule has 1 aromatic heterocycles. The van der Waals surface area contributed by atoms with Crippen LogP contribution < -0.4 is 5.73 Å². The summed E-state index contributed by atoms with van der Waals surface area (Å²) in [6.45, 7) is 0.668. The fraction of sp³-hybridized carbons (Fsp3) is 0.333. The number of nitrogens with one attached hydrogen (secondary N) is 1. The van der Waals surface area contributed by atoms with Gasteiger partial charge in [0.1, 0.15) is 10.6 Å². The molecule has 1 aliphatic rings. The molecule has 3 rings (SSSR count). The number of sulfonamides is 1. The van der Waals surface area contributed by atoms with Crippen LogP contribution in [-0.4, -0.2) is 41.9 Å². The molecule has 1 fully saturated rings. The Bertz CT molecular complexity index is 905. The normalized spacial score (nSPS) is 16.9. The van der Waals surface area contributed by atoms with Crippen LogP contribution in [0.2, 0.25) is 10.0 Å². The molecule has 0 radical (unpaired) electrons. The molecule has 7 nitrogen and oxygen atoms in total. The molecule has 1 amide bonds. The van der Waals surface area contributed by atoms with Crippen LogP contribution in [0.3, 0.4) is 0 Å². The van der Waals surface area contributed by atoms with E-state index >= 15 is 0 Å². The Morgan fingerprint density at radius 2 is 1.92 bits per heavy atom. The van der Waals surface area contributed by atoms with Crippen molar-refractivity contribution < 1.29 is 13.2 Å². The molecule has 0 aliphatic carbocycles. The monoisotopic (exact) mass is 402 g/mol. The van der Waals surface area contributed by atoms with Gasteiger partial charge in [0.2, 0.25) is 10.0 Å². The van der Waals surface area contributed by atoms with Crippen molar-refractivity contribution in [1.29, 1.82) is 0 Å². The van der Waals surface area contributed by atoms with Crippen LogP contribution in [0.4, 0.5) is 0 Å². The molecule has 2 aromatic rings. The highest BCUT2D eigenvalue weighted by molar-refractivity contribution is 7.89. The minimum Gasteiger partial charge on any atom is -0.364 e. The molecule has 0 saturated carbocycles. The number of nitrogens with zero attached hydrogens (tertiary/aromatic N) is 2. The summed E-state index contributed by atoms with van der Waals surface area (Å²) in [6, 6.07) is 5.99. The van der Waals surface area contributed by atoms with E-state index in [0.29, 0.717) is 31.0 Å². The van der Waals surface area contributed by atoms with Gasteiger partial charge in [-0.25, -0.2) is 8.42 Å². The molecule has 1 aromatic carbocycles. The zero-order chi connectivity index (χ0) is 18.2. The van der Waals surface area contributed by atoms with Gasteiger partial charge in [0.15, 0.2) is 0 Å². The van der Waals surface area contributed by atoms with Gasteiger partial charge in [0.25, 0.3) is 5.91 Å². The highest BCUT2D eigenvalue weighted by atomic mass is 35.5. The summed E-state index contributed by atoms with van der Waals surface area (Å²) in [5.41, 5.74) is 6.15. The van der Waals surface area contributed by atoms with E-state index in [1.54, 1.807) is 12.1 Å². The lowest BCUT2D eigenvalue weighted by Crippen LogP contribution is -2.38. The number of aromatic amines is 1. The second kappa shape index (κ2) is 6.95. The van der Waals surface area contributed by atoms with Gasteiger partial charge in [-0.05, 0) is 37.1 Å². The van der Waals surface area contributed by atoms with E-state index in [1.165, 1.54) is 16.4 Å². The zero-order valence-corrected chi connectivity index (χ0v) is 15.4. The van der Waals surface area contributed by atoms with Crippen molar-refractivity contribution in [3.05, 3.63) is 45.7 Å². The largest absolute Gasteiger partial charge is 0.364 e. The number of hydrogen-bond acceptors (Lipinski definition) is 4. The van der Waals surface area contributed by atoms with Crippen LogP contribution in [0.5, 0.6) is 0 Å². The number of carbonyl (C=O) groups is 1. The van der Waals surface area contributed by atoms with Crippen molar-refractivity contribution in [3.8, 4) is 0 Å². The van der Waals surface area contributed by atoms with Gasteiger partial charge in [-0.2, -0.15) is 9.40 Å². The third-order valence-electron chi connectivity index (χ3n) is 4.25. The van der Waals surface area contributed by atoms with E-state index in [2.05, 4.69) is 10.2 Å². The Morgan fingerprint density at radius 3 is 2.52 bits per heavy atom. The predicted molar refractivity (Wildman–Crippen MR) is 94.3 cm³/mol. The molecular formula is C15H16Cl2N4O3S. The summed E-state index contributed by atoms with van der Waals surface area (Å²) >= 11 is 11.9. The zero-order valence-electron chi connectivity index (χ0n) is 13.1. The fourth-order valence-electron chi connectivity index (χ4n) is 2.89. The Kier molecular flexibility index (Phi) is 5.06. The van der Waals surface area contributed by atoms with Crippen molar-refractivity contribution >= 4 is 39.1 Å². The first kappa shape index (κ1) is 18.2. The van der Waals surface area contributed by atoms with Crippen LogP contribution >= 0.6 is 23.2 Å². The van der Waals surface area contributed by atoms with Gasteiger partial charge in [0, 0.05) is 29.7 Å². The first-order valence-corrected chi connectivity index (χ1v) is 9.79. The van der Waals surface area contributed by atoms with Gasteiger partial charge in [0.05, 0.1) is 5.02 Å². The first-order chi connectivity index (χ1) is 11.8. The lowest BCUT2D eigenvalue weighted by atomic mass is 9.94. The van der Waals surface area contributed by atoms with Crippen molar-refractivity contribution in [2.24, 2.45) is 5.73 Å². The van der Waals surface area contributed by atoms with Gasteiger partial charge >= 0.3 is 0 Å². The molecule has 10 heteroatoms. The predicted octanol–water partition coefficient (Wildman–Crippen LogP) is 2.38. The minimum absolute atomic E-state index is 0.0117. The van der Waals surface area contributed by atoms with Gasteiger partial charge in [-0.15, -0.1) is 0 Å². The van der Waals surface area contributed by atoms with E-state index in [-0.39, 0.29) is 21.5 Å². The van der Waals surface area contributed by atoms with Gasteiger partial charge in [-0.1, -0.05) is 23.2 Å². The van der Waals surface area contributed by atoms with Gasteiger partial charge < -0.3 is 5.73 Å². The second-order valence-corrected chi connectivity index (χ2v) is 8.58. The van der Waals surface area contributed by atoms with Gasteiger partial charge in [-0.3, -0.25) is 9.89 Å². The van der Waals surface area contributed by atoms with E-state index in [9.17, 15) is 13.2 Å². The molecular weight excluding hydrogens is 387 g/mol. The number of amides is 1. The minimum atomic E-state index is -3.71. The maximum atomic E-state index is 12.8. The number of hydrogen-bond donors (Lipinski definition) is 2. The smallest absolute Gasteiger partial charge is 0.269 e. The summed E-state index contributed by atoms with van der Waals surface area (Å²) in [5.74, 6) is -0.514. The Labute approximate surface area is 155 Å². The Morgan fingerprint density at radius 1 is 1.24 bits per heavy atom.